The van der Waals surface area contributed by atoms with E-state index in [1.54, 1.807) is 31.3 Å². The molecule has 27 heavy (non-hydrogen) atoms. The van der Waals surface area contributed by atoms with Gasteiger partial charge in [0.1, 0.15) is 10.2 Å². The summed E-state index contributed by atoms with van der Waals surface area (Å²) in [4.78, 5) is 13.0. The third-order valence-electron chi connectivity index (χ3n) is 4.17. The number of carbonyl (C=O) groups is 1. The van der Waals surface area contributed by atoms with Crippen LogP contribution in [0.25, 0.3) is 11.3 Å². The first-order valence-corrected chi connectivity index (χ1v) is 9.83. The average molecular weight is 427 g/mol. The maximum Gasteiger partial charge on any atom is 0.261 e. The number of amides is 1. The number of H-pyrrole nitrogens is 1. The number of rotatable bonds is 6. The van der Waals surface area contributed by atoms with Gasteiger partial charge in [-0.25, -0.2) is 4.39 Å². The molecular formula is C18H17Cl2FN4OS. The molecule has 1 unspecified atom stereocenters. The molecule has 0 aliphatic heterocycles. The Morgan fingerprint density at radius 1 is 1.44 bits per heavy atom. The number of thiophene rings is 1. The van der Waals surface area contributed by atoms with Crippen LogP contribution in [-0.2, 0) is 5.88 Å². The lowest BCUT2D eigenvalue weighted by Crippen LogP contribution is -2.40. The van der Waals surface area contributed by atoms with Gasteiger partial charge in [-0.2, -0.15) is 5.10 Å². The van der Waals surface area contributed by atoms with Crippen molar-refractivity contribution in [3.63, 3.8) is 0 Å². The molecule has 3 aromatic rings. The zero-order chi connectivity index (χ0) is 19.6. The third kappa shape index (κ3) is 4.32. The highest BCUT2D eigenvalue weighted by Gasteiger charge is 2.22. The Labute approximate surface area is 169 Å². The number of nitrogens with two attached hydrogens (primary N) is 1. The number of nitrogens with zero attached hydrogens (tertiary/aromatic N) is 1. The molecule has 9 heteroatoms. The Bertz CT molecular complexity index is 958. The van der Waals surface area contributed by atoms with Gasteiger partial charge in [0.15, 0.2) is 0 Å². The fraction of sp³-hybridized carbons (Fsp3) is 0.222. The number of nitrogens with one attached hydrogen (secondary N) is 2. The highest BCUT2D eigenvalue weighted by molar-refractivity contribution is 7.18. The van der Waals surface area contributed by atoms with E-state index >= 15 is 0 Å². The van der Waals surface area contributed by atoms with Crippen molar-refractivity contribution in [3.05, 3.63) is 62.7 Å². The number of halogens is 3. The van der Waals surface area contributed by atoms with Gasteiger partial charge in [0.25, 0.3) is 5.91 Å². The average Bonchev–Trinajstić information content (AvgIpc) is 3.26. The predicted octanol–water partition coefficient (Wildman–Crippen LogP) is 4.49. The van der Waals surface area contributed by atoms with Crippen molar-refractivity contribution in [2.24, 2.45) is 5.73 Å². The Kier molecular flexibility index (Phi) is 6.16. The Morgan fingerprint density at radius 3 is 2.93 bits per heavy atom. The van der Waals surface area contributed by atoms with Gasteiger partial charge in [0.05, 0.1) is 22.6 Å². The zero-order valence-corrected chi connectivity index (χ0v) is 16.6. The highest BCUT2D eigenvalue weighted by Crippen LogP contribution is 2.36. The molecular weight excluding hydrogens is 410 g/mol. The number of hydrogen-bond donors (Lipinski definition) is 3. The first-order valence-electron chi connectivity index (χ1n) is 8.10. The molecule has 0 spiro atoms. The van der Waals surface area contributed by atoms with Gasteiger partial charge >= 0.3 is 0 Å². The second-order valence-corrected chi connectivity index (χ2v) is 7.97. The summed E-state index contributed by atoms with van der Waals surface area (Å²) >= 11 is 13.4. The number of aromatic amines is 1. The molecule has 5 nitrogen and oxygen atoms in total. The smallest absolute Gasteiger partial charge is 0.261 e. The number of carbonyl (C=O) groups excluding carboxylic acids is 1. The number of aromatic nitrogens is 2. The van der Waals surface area contributed by atoms with E-state index in [0.717, 1.165) is 16.9 Å². The summed E-state index contributed by atoms with van der Waals surface area (Å²) in [6, 6.07) is 6.75. The fourth-order valence-corrected chi connectivity index (χ4v) is 4.06. The molecule has 0 saturated carbocycles. The van der Waals surface area contributed by atoms with Crippen LogP contribution in [0.3, 0.4) is 0 Å². The summed E-state index contributed by atoms with van der Waals surface area (Å²) in [7, 11) is 0. The van der Waals surface area contributed by atoms with E-state index in [1.807, 2.05) is 0 Å². The fourth-order valence-electron chi connectivity index (χ4n) is 2.67. The van der Waals surface area contributed by atoms with Gasteiger partial charge in [-0.05, 0) is 30.7 Å². The molecule has 1 aromatic carbocycles. The van der Waals surface area contributed by atoms with Gasteiger partial charge in [-0.15, -0.1) is 22.9 Å². The lowest BCUT2D eigenvalue weighted by atomic mass is 10.0. The number of benzene rings is 1. The van der Waals surface area contributed by atoms with Crippen molar-refractivity contribution in [3.8, 4) is 11.3 Å². The molecule has 2 heterocycles. The van der Waals surface area contributed by atoms with E-state index in [9.17, 15) is 9.18 Å². The van der Waals surface area contributed by atoms with Crippen LogP contribution in [0.4, 0.5) is 4.39 Å². The van der Waals surface area contributed by atoms with E-state index < -0.39 is 12.1 Å². The minimum atomic E-state index is -0.546. The first-order chi connectivity index (χ1) is 12.9. The van der Waals surface area contributed by atoms with E-state index in [1.165, 1.54) is 12.1 Å². The van der Waals surface area contributed by atoms with Gasteiger partial charge < -0.3 is 11.1 Å². The molecule has 0 radical (unpaired) electrons. The molecule has 2 aromatic heterocycles. The number of alkyl halides is 1. The van der Waals surface area contributed by atoms with Gasteiger partial charge in [0, 0.05) is 23.2 Å². The lowest BCUT2D eigenvalue weighted by Gasteiger charge is -2.21. The maximum absolute atomic E-state index is 13.4. The Morgan fingerprint density at radius 2 is 2.22 bits per heavy atom. The first kappa shape index (κ1) is 19.8. The Balaban J connectivity index is 1.76. The third-order valence-corrected chi connectivity index (χ3v) is 5.82. The summed E-state index contributed by atoms with van der Waals surface area (Å²) in [5.74, 6) is -0.399. The minimum Gasteiger partial charge on any atom is -0.347 e. The lowest BCUT2D eigenvalue weighted by molar-refractivity contribution is 0.0939. The van der Waals surface area contributed by atoms with E-state index in [2.05, 4.69) is 15.5 Å². The van der Waals surface area contributed by atoms with Crippen molar-refractivity contribution in [1.82, 2.24) is 15.5 Å². The molecule has 0 saturated heterocycles. The molecule has 3 rings (SSSR count). The molecule has 4 N–H and O–H groups in total. The minimum absolute atomic E-state index is 0.277. The zero-order valence-electron chi connectivity index (χ0n) is 14.3. The van der Waals surface area contributed by atoms with Gasteiger partial charge in [-0.1, -0.05) is 23.7 Å². The quantitative estimate of drug-likeness (QED) is 0.507. The van der Waals surface area contributed by atoms with Crippen molar-refractivity contribution >= 4 is 40.4 Å². The van der Waals surface area contributed by atoms with Crippen LogP contribution < -0.4 is 11.1 Å². The number of hydrogen-bond acceptors (Lipinski definition) is 4. The van der Waals surface area contributed by atoms with E-state index in [-0.39, 0.29) is 17.6 Å². The normalized spacial score (nSPS) is 13.4. The molecule has 0 bridgehead atoms. The topological polar surface area (TPSA) is 83.8 Å². The maximum atomic E-state index is 13.4. The van der Waals surface area contributed by atoms with Gasteiger partial charge in [-0.3, -0.25) is 9.89 Å². The van der Waals surface area contributed by atoms with Crippen molar-refractivity contribution in [2.45, 2.75) is 24.9 Å². The predicted molar refractivity (Wildman–Crippen MR) is 107 cm³/mol. The van der Waals surface area contributed by atoms with Crippen LogP contribution in [0.15, 0.2) is 36.5 Å². The summed E-state index contributed by atoms with van der Waals surface area (Å²) in [5.41, 5.74) is 8.91. The van der Waals surface area contributed by atoms with E-state index in [4.69, 9.17) is 28.9 Å². The van der Waals surface area contributed by atoms with Gasteiger partial charge in [0.2, 0.25) is 0 Å². The van der Waals surface area contributed by atoms with Crippen molar-refractivity contribution < 1.29 is 9.18 Å². The van der Waals surface area contributed by atoms with Crippen LogP contribution in [-0.4, -0.2) is 22.1 Å². The van der Waals surface area contributed by atoms with Crippen molar-refractivity contribution in [1.29, 1.82) is 0 Å². The monoisotopic (exact) mass is 426 g/mol. The SMILES string of the molecule is C[C@H](NC(=O)c1cc(-c2[nH]ncc2CCl)c(Cl)s1)C(N)c1cccc(F)c1. The molecule has 1 amide bonds. The second-order valence-electron chi connectivity index (χ2n) is 6.04. The molecule has 142 valence electrons. The largest absolute Gasteiger partial charge is 0.347 e. The van der Waals surface area contributed by atoms with Crippen LogP contribution >= 0.6 is 34.5 Å². The molecule has 2 atom stereocenters. The van der Waals surface area contributed by atoms with Crippen molar-refractivity contribution in [2.75, 3.05) is 0 Å². The van der Waals surface area contributed by atoms with Crippen LogP contribution in [0.5, 0.6) is 0 Å². The summed E-state index contributed by atoms with van der Waals surface area (Å²) in [5, 5.41) is 9.66. The van der Waals surface area contributed by atoms with Crippen LogP contribution in [0, 0.1) is 5.82 Å². The van der Waals surface area contributed by atoms with E-state index in [0.29, 0.717) is 26.0 Å². The Hall–Kier alpha value is -1.93. The van der Waals surface area contributed by atoms with Crippen LogP contribution in [0.2, 0.25) is 4.34 Å². The second kappa shape index (κ2) is 8.39. The highest BCUT2D eigenvalue weighted by atomic mass is 35.5. The standard InChI is InChI=1S/C18H17Cl2FN4OS/c1-9(15(22)10-3-2-4-12(21)5-10)24-18(26)14-6-13(17(20)27-14)16-11(7-19)8-23-25-16/h2-6,8-9,15H,7,22H2,1H3,(H,23,25)(H,24,26)/t9-,15?/m0/s1. The van der Waals surface area contributed by atoms with Crippen LogP contribution in [0.1, 0.15) is 33.8 Å². The summed E-state index contributed by atoms with van der Waals surface area (Å²) in [6.07, 6.45) is 1.62. The summed E-state index contributed by atoms with van der Waals surface area (Å²) < 4.78 is 13.8. The molecule has 0 fully saturated rings. The molecule has 0 aliphatic carbocycles. The molecule has 0 aliphatic rings. The summed E-state index contributed by atoms with van der Waals surface area (Å²) in [6.45, 7) is 1.77.